The molecule has 0 unspecified atom stereocenters. The first kappa shape index (κ1) is 14.5. The quantitative estimate of drug-likeness (QED) is 0.919. The van der Waals surface area contributed by atoms with E-state index in [4.69, 9.17) is 15.0 Å². The molecule has 112 valence electrons. The summed E-state index contributed by atoms with van der Waals surface area (Å²) < 4.78 is 11.8. The third-order valence-corrected chi connectivity index (χ3v) is 4.90. The van der Waals surface area contributed by atoms with Crippen molar-refractivity contribution in [2.45, 2.75) is 39.2 Å². The molecule has 0 bridgehead atoms. The van der Waals surface area contributed by atoms with Gasteiger partial charge in [0.25, 0.3) is 0 Å². The molecule has 0 saturated heterocycles. The van der Waals surface area contributed by atoms with Crippen LogP contribution < -0.4 is 10.5 Å². The van der Waals surface area contributed by atoms with E-state index in [1.165, 1.54) is 29.5 Å². The van der Waals surface area contributed by atoms with Crippen LogP contribution in [0.3, 0.4) is 0 Å². The third kappa shape index (κ3) is 2.36. The van der Waals surface area contributed by atoms with Crippen molar-refractivity contribution in [2.24, 2.45) is 5.73 Å². The van der Waals surface area contributed by atoms with Gasteiger partial charge in [0, 0.05) is 0 Å². The van der Waals surface area contributed by atoms with Gasteiger partial charge in [-0.25, -0.2) is 0 Å². The van der Waals surface area contributed by atoms with Crippen molar-refractivity contribution in [3.05, 3.63) is 27.1 Å². The summed E-state index contributed by atoms with van der Waals surface area (Å²) in [6.07, 6.45) is 4.59. The fraction of sp³-hybridized carbons (Fsp3) is 0.467. The Morgan fingerprint density at radius 2 is 2.00 bits per heavy atom. The van der Waals surface area contributed by atoms with E-state index in [2.05, 4.69) is 33.0 Å². The maximum absolute atomic E-state index is 5.62. The highest BCUT2D eigenvalue weighted by atomic mass is 79.9. The monoisotopic (exact) mass is 351 g/mol. The van der Waals surface area contributed by atoms with Gasteiger partial charge in [0.1, 0.15) is 5.75 Å². The topological polar surface area (TPSA) is 74.2 Å². The summed E-state index contributed by atoms with van der Waals surface area (Å²) in [7, 11) is 1.67. The normalized spacial score (nSPS) is 14.1. The van der Waals surface area contributed by atoms with Crippen molar-refractivity contribution < 1.29 is 9.26 Å². The Morgan fingerprint density at radius 3 is 2.62 bits per heavy atom. The van der Waals surface area contributed by atoms with Crippen molar-refractivity contribution in [1.29, 1.82) is 0 Å². The Kier molecular flexibility index (Phi) is 3.99. The molecule has 1 aromatic heterocycles. The zero-order chi connectivity index (χ0) is 15.0. The highest BCUT2D eigenvalue weighted by Crippen LogP contribution is 2.44. The second kappa shape index (κ2) is 5.77. The molecule has 3 rings (SSSR count). The lowest BCUT2D eigenvalue weighted by Crippen LogP contribution is -2.09. The van der Waals surface area contributed by atoms with E-state index < -0.39 is 0 Å². The molecule has 0 amide bonds. The van der Waals surface area contributed by atoms with Crippen LogP contribution in [0.15, 0.2) is 9.00 Å². The van der Waals surface area contributed by atoms with Crippen molar-refractivity contribution in [3.63, 3.8) is 0 Å². The molecule has 5 nitrogen and oxygen atoms in total. The van der Waals surface area contributed by atoms with Crippen LogP contribution in [0.1, 0.15) is 35.4 Å². The maximum atomic E-state index is 5.62. The van der Waals surface area contributed by atoms with Crippen molar-refractivity contribution in [2.75, 3.05) is 7.11 Å². The van der Waals surface area contributed by atoms with Crippen molar-refractivity contribution in [1.82, 2.24) is 10.1 Å². The minimum atomic E-state index is 0.237. The molecular weight excluding hydrogens is 334 g/mol. The highest BCUT2D eigenvalue weighted by Gasteiger charge is 2.26. The molecule has 21 heavy (non-hydrogen) atoms. The molecule has 0 radical (unpaired) electrons. The number of nitrogens with zero attached hydrogens (tertiary/aromatic N) is 2. The van der Waals surface area contributed by atoms with Crippen LogP contribution in [-0.2, 0) is 19.4 Å². The first-order valence-corrected chi connectivity index (χ1v) is 7.87. The highest BCUT2D eigenvalue weighted by molar-refractivity contribution is 9.10. The first-order chi connectivity index (χ1) is 10.2. The average molecular weight is 352 g/mol. The second-order valence-electron chi connectivity index (χ2n) is 5.23. The summed E-state index contributed by atoms with van der Waals surface area (Å²) in [6.45, 7) is 2.34. The molecule has 0 fully saturated rings. The van der Waals surface area contributed by atoms with E-state index in [1.807, 2.05) is 0 Å². The van der Waals surface area contributed by atoms with Gasteiger partial charge < -0.3 is 15.0 Å². The molecule has 1 aliphatic rings. The van der Waals surface area contributed by atoms with E-state index in [1.54, 1.807) is 7.11 Å². The predicted molar refractivity (Wildman–Crippen MR) is 83.3 cm³/mol. The van der Waals surface area contributed by atoms with Gasteiger partial charge in [-0.1, -0.05) is 5.16 Å². The maximum Gasteiger partial charge on any atom is 0.240 e. The number of nitrogens with two attached hydrogens (primary N) is 1. The Labute approximate surface area is 132 Å². The fourth-order valence-corrected chi connectivity index (χ4v) is 3.83. The Balaban J connectivity index is 2.25. The third-order valence-electron chi connectivity index (χ3n) is 4.06. The van der Waals surface area contributed by atoms with E-state index in [0.29, 0.717) is 11.7 Å². The van der Waals surface area contributed by atoms with Crippen LogP contribution in [0, 0.1) is 6.92 Å². The van der Waals surface area contributed by atoms with Crippen LogP contribution in [0.2, 0.25) is 0 Å². The lowest BCUT2D eigenvalue weighted by atomic mass is 9.85. The van der Waals surface area contributed by atoms with Gasteiger partial charge in [0.15, 0.2) is 0 Å². The summed E-state index contributed by atoms with van der Waals surface area (Å²) in [5.74, 6) is 1.75. The van der Waals surface area contributed by atoms with Crippen LogP contribution in [-0.4, -0.2) is 17.3 Å². The molecule has 0 aliphatic heterocycles. The van der Waals surface area contributed by atoms with Crippen molar-refractivity contribution >= 4 is 15.9 Å². The summed E-state index contributed by atoms with van der Waals surface area (Å²) in [5.41, 5.74) is 10.4. The fourth-order valence-electron chi connectivity index (χ4n) is 3.03. The van der Waals surface area contributed by atoms with Crippen LogP contribution in [0.25, 0.3) is 11.4 Å². The summed E-state index contributed by atoms with van der Waals surface area (Å²) in [6, 6.07) is 0. The van der Waals surface area contributed by atoms with Crippen molar-refractivity contribution in [3.8, 4) is 17.1 Å². The lowest BCUT2D eigenvalue weighted by Gasteiger charge is -2.24. The lowest BCUT2D eigenvalue weighted by molar-refractivity contribution is 0.379. The minimum Gasteiger partial charge on any atom is -0.495 e. The molecule has 1 aliphatic carbocycles. The van der Waals surface area contributed by atoms with E-state index in [-0.39, 0.29) is 6.54 Å². The zero-order valence-electron chi connectivity index (χ0n) is 12.2. The number of methoxy groups -OCH3 is 1. The first-order valence-electron chi connectivity index (χ1n) is 7.08. The van der Waals surface area contributed by atoms with Gasteiger partial charge >= 0.3 is 0 Å². The van der Waals surface area contributed by atoms with Gasteiger partial charge in [0.05, 0.1) is 23.7 Å². The number of rotatable bonds is 3. The number of fused-ring (bicyclic) bond motifs is 1. The molecule has 6 heteroatoms. The Morgan fingerprint density at radius 1 is 1.29 bits per heavy atom. The van der Waals surface area contributed by atoms with E-state index in [9.17, 15) is 0 Å². The molecular formula is C15H18BrN3O2. The van der Waals surface area contributed by atoms with E-state index in [0.717, 1.165) is 28.6 Å². The minimum absolute atomic E-state index is 0.237. The van der Waals surface area contributed by atoms with Crippen LogP contribution >= 0.6 is 15.9 Å². The Hall–Kier alpha value is -1.40. The van der Waals surface area contributed by atoms with Gasteiger partial charge in [-0.15, -0.1) is 0 Å². The summed E-state index contributed by atoms with van der Waals surface area (Å²) in [4.78, 5) is 4.35. The number of aromatic nitrogens is 2. The van der Waals surface area contributed by atoms with E-state index >= 15 is 0 Å². The van der Waals surface area contributed by atoms with Crippen LogP contribution in [0.5, 0.6) is 5.75 Å². The summed E-state index contributed by atoms with van der Waals surface area (Å²) >= 11 is 3.70. The molecule has 2 N–H and O–H groups in total. The standard InChI is InChI=1S/C15H18BrN3O2/c1-8-9-5-3-4-6-10(9)13(16)14(20-2)12(8)15-18-11(7-17)21-19-15/h3-7,17H2,1-2H3. The number of ether oxygens (including phenoxy) is 1. The molecule has 0 saturated carbocycles. The van der Waals surface area contributed by atoms with Gasteiger partial charge in [-0.2, -0.15) is 4.98 Å². The molecule has 1 aromatic carbocycles. The van der Waals surface area contributed by atoms with Gasteiger partial charge in [-0.05, 0) is 65.2 Å². The average Bonchev–Trinajstić information content (AvgIpc) is 2.99. The number of hydrogen-bond acceptors (Lipinski definition) is 5. The zero-order valence-corrected chi connectivity index (χ0v) is 13.8. The van der Waals surface area contributed by atoms with Gasteiger partial charge in [-0.3, -0.25) is 0 Å². The predicted octanol–water partition coefficient (Wildman–Crippen LogP) is 3.15. The second-order valence-corrected chi connectivity index (χ2v) is 6.02. The smallest absolute Gasteiger partial charge is 0.240 e. The largest absolute Gasteiger partial charge is 0.495 e. The summed E-state index contributed by atoms with van der Waals surface area (Å²) in [5, 5.41) is 4.05. The molecule has 1 heterocycles. The van der Waals surface area contributed by atoms with Crippen LogP contribution in [0.4, 0.5) is 0 Å². The molecule has 0 spiro atoms. The number of hydrogen-bond donors (Lipinski definition) is 1. The number of benzene rings is 1. The number of halogens is 1. The molecule has 0 atom stereocenters. The van der Waals surface area contributed by atoms with Gasteiger partial charge in [0.2, 0.25) is 11.7 Å². The Bertz CT molecular complexity index is 682. The SMILES string of the molecule is COc1c(Br)c2c(c(C)c1-c1noc(CN)n1)CCCC2. The molecule has 2 aromatic rings.